The normalized spacial score (nSPS) is 11.2. The van der Waals surface area contributed by atoms with Crippen LogP contribution < -0.4 is 4.74 Å². The maximum Gasteiger partial charge on any atom is 0.355 e. The van der Waals surface area contributed by atoms with Crippen LogP contribution in [0, 0.1) is 5.82 Å². The molecule has 4 aromatic rings. The van der Waals surface area contributed by atoms with Crippen molar-refractivity contribution >= 4 is 50.9 Å². The maximum atomic E-state index is 12.9. The predicted octanol–water partition coefficient (Wildman–Crippen LogP) is 6.66. The fourth-order valence-corrected chi connectivity index (χ4v) is 3.98. The van der Waals surface area contributed by atoms with E-state index in [2.05, 4.69) is 4.99 Å². The molecule has 3 nitrogen and oxygen atoms in total. The van der Waals surface area contributed by atoms with Crippen molar-refractivity contribution in [2.45, 2.75) is 0 Å². The molecule has 0 bridgehead atoms. The van der Waals surface area contributed by atoms with Gasteiger partial charge in [0, 0.05) is 16.3 Å². The Labute approximate surface area is 169 Å². The second kappa shape index (κ2) is 7.92. The van der Waals surface area contributed by atoms with Crippen LogP contribution in [0.5, 0.6) is 5.75 Å². The predicted molar refractivity (Wildman–Crippen MR) is 112 cm³/mol. The summed E-state index contributed by atoms with van der Waals surface area (Å²) < 4.78 is 19.3. The van der Waals surface area contributed by atoms with E-state index >= 15 is 0 Å². The minimum atomic E-state index is -0.487. The number of hydrogen-bond acceptors (Lipinski definition) is 4. The third-order valence-corrected chi connectivity index (χ3v) is 5.66. The van der Waals surface area contributed by atoms with Gasteiger partial charge in [0.15, 0.2) is 0 Å². The van der Waals surface area contributed by atoms with Gasteiger partial charge in [0.05, 0.1) is 10.7 Å². The van der Waals surface area contributed by atoms with Crippen molar-refractivity contribution in [2.75, 3.05) is 0 Å². The molecular formula is C22H13ClFNO2S. The lowest BCUT2D eigenvalue weighted by molar-refractivity contribution is 0.0740. The first-order chi connectivity index (χ1) is 13.6. The molecule has 0 spiro atoms. The Morgan fingerprint density at radius 2 is 1.71 bits per heavy atom. The number of hydrogen-bond donors (Lipinski definition) is 0. The van der Waals surface area contributed by atoms with Crippen LogP contribution in [0.2, 0.25) is 5.02 Å². The standard InChI is InChI=1S/C22H13ClFNO2S/c23-20-18-3-1-2-4-19(18)28-21(20)22(26)27-17-11-5-14(6-12-17)13-25-16-9-7-15(24)8-10-16/h1-13H. The summed E-state index contributed by atoms with van der Waals surface area (Å²) in [5.74, 6) is -0.375. The molecule has 0 fully saturated rings. The number of benzene rings is 3. The number of carbonyl (C=O) groups excluding carboxylic acids is 1. The summed E-state index contributed by atoms with van der Waals surface area (Å²) in [7, 11) is 0. The third kappa shape index (κ3) is 3.96. The largest absolute Gasteiger partial charge is 0.422 e. The number of carbonyl (C=O) groups is 1. The molecule has 0 saturated heterocycles. The van der Waals surface area contributed by atoms with Crippen molar-refractivity contribution in [2.24, 2.45) is 4.99 Å². The summed E-state index contributed by atoms with van der Waals surface area (Å²) in [4.78, 5) is 17.1. The van der Waals surface area contributed by atoms with E-state index in [1.807, 2.05) is 24.3 Å². The molecule has 138 valence electrons. The van der Waals surface area contributed by atoms with Crippen molar-refractivity contribution in [1.29, 1.82) is 0 Å². The van der Waals surface area contributed by atoms with Crippen LogP contribution in [0.3, 0.4) is 0 Å². The molecule has 0 saturated carbocycles. The van der Waals surface area contributed by atoms with Crippen LogP contribution in [-0.2, 0) is 0 Å². The van der Waals surface area contributed by atoms with Crippen molar-refractivity contribution in [1.82, 2.24) is 0 Å². The molecule has 0 aliphatic carbocycles. The first-order valence-electron chi connectivity index (χ1n) is 8.39. The summed E-state index contributed by atoms with van der Waals surface area (Å²) >= 11 is 7.63. The first-order valence-corrected chi connectivity index (χ1v) is 9.58. The van der Waals surface area contributed by atoms with Crippen molar-refractivity contribution in [3.8, 4) is 5.75 Å². The fourth-order valence-electron chi connectivity index (χ4n) is 2.60. The number of ether oxygens (including phenoxy) is 1. The molecule has 28 heavy (non-hydrogen) atoms. The van der Waals surface area contributed by atoms with Crippen LogP contribution in [0.4, 0.5) is 10.1 Å². The van der Waals surface area contributed by atoms with Crippen LogP contribution in [0.15, 0.2) is 77.8 Å². The zero-order chi connectivity index (χ0) is 19.5. The van der Waals surface area contributed by atoms with Gasteiger partial charge < -0.3 is 4.74 Å². The van der Waals surface area contributed by atoms with Gasteiger partial charge >= 0.3 is 5.97 Å². The summed E-state index contributed by atoms with van der Waals surface area (Å²) in [5.41, 5.74) is 1.47. The number of nitrogens with zero attached hydrogens (tertiary/aromatic N) is 1. The molecule has 4 rings (SSSR count). The first kappa shape index (κ1) is 18.3. The van der Waals surface area contributed by atoms with Crippen LogP contribution >= 0.6 is 22.9 Å². The van der Waals surface area contributed by atoms with Gasteiger partial charge in [-0.3, -0.25) is 4.99 Å². The van der Waals surface area contributed by atoms with Gasteiger partial charge in [-0.15, -0.1) is 11.3 Å². The molecule has 0 N–H and O–H groups in total. The average Bonchev–Trinajstić information content (AvgIpc) is 3.06. The van der Waals surface area contributed by atoms with E-state index in [1.54, 1.807) is 42.6 Å². The lowest BCUT2D eigenvalue weighted by Crippen LogP contribution is -2.06. The smallest absolute Gasteiger partial charge is 0.355 e. The summed E-state index contributed by atoms with van der Waals surface area (Å²) in [6, 6.07) is 20.4. The Bertz CT molecular complexity index is 1170. The molecule has 0 unspecified atom stereocenters. The van der Waals surface area contributed by atoms with Crippen molar-refractivity contribution in [3.63, 3.8) is 0 Å². The van der Waals surface area contributed by atoms with Crippen LogP contribution in [-0.4, -0.2) is 12.2 Å². The second-order valence-corrected chi connectivity index (χ2v) is 7.36. The van der Waals surface area contributed by atoms with E-state index < -0.39 is 5.97 Å². The van der Waals surface area contributed by atoms with Crippen LogP contribution in [0.25, 0.3) is 10.1 Å². The molecule has 0 aliphatic heterocycles. The highest BCUT2D eigenvalue weighted by Crippen LogP contribution is 2.35. The molecule has 0 amide bonds. The highest BCUT2D eigenvalue weighted by molar-refractivity contribution is 7.21. The second-order valence-electron chi connectivity index (χ2n) is 5.93. The van der Waals surface area contributed by atoms with Gasteiger partial charge in [0.25, 0.3) is 0 Å². The minimum Gasteiger partial charge on any atom is -0.422 e. The topological polar surface area (TPSA) is 38.7 Å². The van der Waals surface area contributed by atoms with Crippen molar-refractivity contribution < 1.29 is 13.9 Å². The average molecular weight is 410 g/mol. The summed E-state index contributed by atoms with van der Waals surface area (Å²) in [5, 5.41) is 1.25. The number of fused-ring (bicyclic) bond motifs is 1. The van der Waals surface area contributed by atoms with Gasteiger partial charge in [-0.1, -0.05) is 29.8 Å². The van der Waals surface area contributed by atoms with Crippen LogP contribution in [0.1, 0.15) is 15.2 Å². The van der Waals surface area contributed by atoms with E-state index in [0.717, 1.165) is 15.6 Å². The van der Waals surface area contributed by atoms with E-state index in [1.165, 1.54) is 23.5 Å². The SMILES string of the molecule is O=C(Oc1ccc(C=Nc2ccc(F)cc2)cc1)c1sc2ccccc2c1Cl. The molecular weight excluding hydrogens is 397 g/mol. The number of aliphatic imine (C=N–C) groups is 1. The summed E-state index contributed by atoms with van der Waals surface area (Å²) in [6.45, 7) is 0. The Kier molecular flexibility index (Phi) is 5.19. The lowest BCUT2D eigenvalue weighted by atomic mass is 10.2. The van der Waals surface area contributed by atoms with Gasteiger partial charge in [-0.2, -0.15) is 0 Å². The Hall–Kier alpha value is -3.02. The number of thiophene rings is 1. The molecule has 0 aliphatic rings. The van der Waals surface area contributed by atoms with E-state index in [4.69, 9.17) is 16.3 Å². The molecule has 0 radical (unpaired) electrons. The van der Waals surface area contributed by atoms with Crippen molar-refractivity contribution in [3.05, 3.63) is 94.1 Å². The number of rotatable bonds is 4. The maximum absolute atomic E-state index is 12.9. The quantitative estimate of drug-likeness (QED) is 0.214. The lowest BCUT2D eigenvalue weighted by Gasteiger charge is -2.03. The van der Waals surface area contributed by atoms with E-state index in [0.29, 0.717) is 21.3 Å². The Balaban J connectivity index is 1.47. The minimum absolute atomic E-state index is 0.302. The molecule has 6 heteroatoms. The van der Waals surface area contributed by atoms with E-state index in [9.17, 15) is 9.18 Å². The van der Waals surface area contributed by atoms with Gasteiger partial charge in [-0.25, -0.2) is 9.18 Å². The number of halogens is 2. The van der Waals surface area contributed by atoms with E-state index in [-0.39, 0.29) is 5.82 Å². The monoisotopic (exact) mass is 409 g/mol. The molecule has 3 aromatic carbocycles. The molecule has 0 atom stereocenters. The van der Waals surface area contributed by atoms with Gasteiger partial charge in [0.2, 0.25) is 0 Å². The zero-order valence-electron chi connectivity index (χ0n) is 14.4. The Morgan fingerprint density at radius 1 is 1.00 bits per heavy atom. The zero-order valence-corrected chi connectivity index (χ0v) is 16.0. The highest BCUT2D eigenvalue weighted by Gasteiger charge is 2.18. The van der Waals surface area contributed by atoms with Gasteiger partial charge in [0.1, 0.15) is 16.4 Å². The molecule has 1 heterocycles. The summed E-state index contributed by atoms with van der Waals surface area (Å²) in [6.07, 6.45) is 1.65. The molecule has 1 aromatic heterocycles. The third-order valence-electron chi connectivity index (χ3n) is 4.00. The fraction of sp³-hybridized carbons (Fsp3) is 0. The number of esters is 1. The highest BCUT2D eigenvalue weighted by atomic mass is 35.5. The van der Waals surface area contributed by atoms with Gasteiger partial charge in [-0.05, 0) is 60.2 Å². The Morgan fingerprint density at radius 3 is 2.43 bits per heavy atom.